The molecule has 28 heavy (non-hydrogen) atoms. The van der Waals surface area contributed by atoms with Crippen LogP contribution in [0.3, 0.4) is 0 Å². The molecule has 0 aliphatic carbocycles. The Kier molecular flexibility index (Phi) is 5.03. The summed E-state index contributed by atoms with van der Waals surface area (Å²) in [5.41, 5.74) is 4.52. The Morgan fingerprint density at radius 3 is 2.36 bits per heavy atom. The lowest BCUT2D eigenvalue weighted by Gasteiger charge is -2.18. The average molecular weight is 412 g/mol. The first-order chi connectivity index (χ1) is 13.1. The van der Waals surface area contributed by atoms with Crippen molar-refractivity contribution >= 4 is 40.7 Å². The van der Waals surface area contributed by atoms with E-state index >= 15 is 0 Å². The molecule has 1 saturated heterocycles. The van der Waals surface area contributed by atoms with Crippen LogP contribution in [-0.4, -0.2) is 23.8 Å². The fourth-order valence-electron chi connectivity index (χ4n) is 2.82. The SMILES string of the molecule is NC(=O)c1ccc(N[C@H]2CC(=O)N(c3ccc(Cl)c(C(F)(F)F)c3)C2=O)cc1. The third-order valence-electron chi connectivity index (χ3n) is 4.17. The van der Waals surface area contributed by atoms with Crippen molar-refractivity contribution in [3.63, 3.8) is 0 Å². The number of benzene rings is 2. The number of hydrogen-bond donors (Lipinski definition) is 2. The summed E-state index contributed by atoms with van der Waals surface area (Å²) in [5.74, 6) is -1.96. The van der Waals surface area contributed by atoms with E-state index in [-0.39, 0.29) is 17.7 Å². The van der Waals surface area contributed by atoms with E-state index in [1.807, 2.05) is 0 Å². The summed E-state index contributed by atoms with van der Waals surface area (Å²) in [6, 6.07) is 7.77. The molecule has 1 heterocycles. The zero-order valence-electron chi connectivity index (χ0n) is 14.1. The van der Waals surface area contributed by atoms with Gasteiger partial charge in [0.15, 0.2) is 0 Å². The highest BCUT2D eigenvalue weighted by Gasteiger charge is 2.41. The minimum absolute atomic E-state index is 0.208. The summed E-state index contributed by atoms with van der Waals surface area (Å²) < 4.78 is 39.1. The number of carbonyl (C=O) groups excluding carboxylic acids is 3. The predicted octanol–water partition coefficient (Wildman–Crippen LogP) is 3.20. The van der Waals surface area contributed by atoms with Gasteiger partial charge in [0.05, 0.1) is 22.7 Å². The van der Waals surface area contributed by atoms with Crippen LogP contribution in [0.2, 0.25) is 5.02 Å². The Labute approximate surface area is 162 Å². The Bertz CT molecular complexity index is 961. The van der Waals surface area contributed by atoms with Crippen LogP contribution in [0.1, 0.15) is 22.3 Å². The Hall–Kier alpha value is -3.07. The molecule has 0 bridgehead atoms. The zero-order valence-corrected chi connectivity index (χ0v) is 14.8. The average Bonchev–Trinajstić information content (AvgIpc) is 2.89. The minimum atomic E-state index is -4.72. The molecule has 0 unspecified atom stereocenters. The molecule has 146 valence electrons. The van der Waals surface area contributed by atoms with Gasteiger partial charge in [0.25, 0.3) is 5.91 Å². The molecular formula is C18H13ClF3N3O3. The van der Waals surface area contributed by atoms with Gasteiger partial charge in [-0.15, -0.1) is 0 Å². The third-order valence-corrected chi connectivity index (χ3v) is 4.50. The van der Waals surface area contributed by atoms with Gasteiger partial charge in [0.2, 0.25) is 11.8 Å². The number of imide groups is 1. The van der Waals surface area contributed by atoms with Gasteiger partial charge in [-0.05, 0) is 42.5 Å². The van der Waals surface area contributed by atoms with Gasteiger partial charge in [-0.1, -0.05) is 11.6 Å². The number of anilines is 2. The van der Waals surface area contributed by atoms with Crippen molar-refractivity contribution < 1.29 is 27.6 Å². The number of carbonyl (C=O) groups is 3. The zero-order chi connectivity index (χ0) is 20.6. The normalized spacial score (nSPS) is 17.1. The number of hydrogen-bond acceptors (Lipinski definition) is 4. The van der Waals surface area contributed by atoms with E-state index in [2.05, 4.69) is 5.32 Å². The van der Waals surface area contributed by atoms with Crippen LogP contribution in [-0.2, 0) is 15.8 Å². The topological polar surface area (TPSA) is 92.5 Å². The maximum absolute atomic E-state index is 13.0. The Morgan fingerprint density at radius 2 is 1.79 bits per heavy atom. The van der Waals surface area contributed by atoms with Crippen molar-refractivity contribution in [1.82, 2.24) is 0 Å². The van der Waals surface area contributed by atoms with Gasteiger partial charge in [-0.3, -0.25) is 14.4 Å². The van der Waals surface area contributed by atoms with Crippen LogP contribution in [0.25, 0.3) is 0 Å². The van der Waals surface area contributed by atoms with Crippen molar-refractivity contribution in [2.45, 2.75) is 18.6 Å². The molecule has 1 aliphatic rings. The minimum Gasteiger partial charge on any atom is -0.373 e. The molecule has 0 aromatic heterocycles. The number of amides is 3. The second kappa shape index (κ2) is 7.16. The van der Waals surface area contributed by atoms with Crippen LogP contribution in [0.15, 0.2) is 42.5 Å². The van der Waals surface area contributed by atoms with Crippen LogP contribution in [0.4, 0.5) is 24.5 Å². The maximum Gasteiger partial charge on any atom is 0.417 e. The van der Waals surface area contributed by atoms with Crippen molar-refractivity contribution in [3.8, 4) is 0 Å². The summed E-state index contributed by atoms with van der Waals surface area (Å²) in [6.07, 6.45) is -4.96. The molecule has 1 atom stereocenters. The van der Waals surface area contributed by atoms with Crippen LogP contribution >= 0.6 is 11.6 Å². The standard InChI is InChI=1S/C18H13ClF3N3O3/c19-13-6-5-11(7-12(13)18(20,21)22)25-15(26)8-14(17(25)28)24-10-3-1-9(2-4-10)16(23)27/h1-7,14,24H,8H2,(H2,23,27)/t14-/m0/s1. The molecule has 3 N–H and O–H groups in total. The molecule has 2 aromatic carbocycles. The summed E-state index contributed by atoms with van der Waals surface area (Å²) in [6.45, 7) is 0. The van der Waals surface area contributed by atoms with Crippen molar-refractivity contribution in [2.24, 2.45) is 5.73 Å². The molecule has 6 nitrogen and oxygen atoms in total. The maximum atomic E-state index is 13.0. The number of alkyl halides is 3. The first kappa shape index (κ1) is 19.7. The molecule has 0 radical (unpaired) electrons. The van der Waals surface area contributed by atoms with E-state index < -0.39 is 40.5 Å². The molecule has 0 saturated carbocycles. The fourth-order valence-corrected chi connectivity index (χ4v) is 3.04. The highest BCUT2D eigenvalue weighted by molar-refractivity contribution is 6.31. The monoisotopic (exact) mass is 411 g/mol. The largest absolute Gasteiger partial charge is 0.417 e. The van der Waals surface area contributed by atoms with Crippen molar-refractivity contribution in [2.75, 3.05) is 10.2 Å². The van der Waals surface area contributed by atoms with Crippen molar-refractivity contribution in [1.29, 1.82) is 0 Å². The Balaban J connectivity index is 1.83. The van der Waals surface area contributed by atoms with E-state index in [1.54, 1.807) is 0 Å². The second-order valence-corrected chi connectivity index (χ2v) is 6.48. The molecule has 2 aromatic rings. The number of nitrogens with zero attached hydrogens (tertiary/aromatic N) is 1. The van der Waals surface area contributed by atoms with Gasteiger partial charge in [-0.25, -0.2) is 4.90 Å². The molecule has 1 aliphatic heterocycles. The molecule has 1 fully saturated rings. The van der Waals surface area contributed by atoms with Gasteiger partial charge in [0.1, 0.15) is 6.04 Å². The van der Waals surface area contributed by atoms with Crippen LogP contribution in [0.5, 0.6) is 0 Å². The van der Waals surface area contributed by atoms with E-state index in [1.165, 1.54) is 30.3 Å². The lowest BCUT2D eigenvalue weighted by molar-refractivity contribution is -0.137. The number of halogens is 4. The first-order valence-electron chi connectivity index (χ1n) is 7.98. The summed E-state index contributed by atoms with van der Waals surface area (Å²) in [7, 11) is 0. The number of rotatable bonds is 4. The number of nitrogens with one attached hydrogen (secondary N) is 1. The summed E-state index contributed by atoms with van der Waals surface area (Å²) in [4.78, 5) is 36.6. The van der Waals surface area contributed by atoms with Gasteiger partial charge >= 0.3 is 6.18 Å². The third kappa shape index (κ3) is 3.79. The smallest absolute Gasteiger partial charge is 0.373 e. The van der Waals surface area contributed by atoms with E-state index in [0.29, 0.717) is 16.7 Å². The summed E-state index contributed by atoms with van der Waals surface area (Å²) >= 11 is 5.58. The van der Waals surface area contributed by atoms with E-state index in [4.69, 9.17) is 17.3 Å². The van der Waals surface area contributed by atoms with E-state index in [0.717, 1.165) is 6.07 Å². The molecule has 3 rings (SSSR count). The first-order valence-corrected chi connectivity index (χ1v) is 8.35. The highest BCUT2D eigenvalue weighted by atomic mass is 35.5. The van der Waals surface area contributed by atoms with Crippen LogP contribution < -0.4 is 16.0 Å². The fraction of sp³-hybridized carbons (Fsp3) is 0.167. The van der Waals surface area contributed by atoms with Gasteiger partial charge < -0.3 is 11.1 Å². The predicted molar refractivity (Wildman–Crippen MR) is 95.9 cm³/mol. The Morgan fingerprint density at radius 1 is 1.14 bits per heavy atom. The molecule has 10 heteroatoms. The highest BCUT2D eigenvalue weighted by Crippen LogP contribution is 2.38. The molecular weight excluding hydrogens is 399 g/mol. The second-order valence-electron chi connectivity index (χ2n) is 6.07. The lowest BCUT2D eigenvalue weighted by atomic mass is 10.1. The van der Waals surface area contributed by atoms with Crippen molar-refractivity contribution in [3.05, 3.63) is 58.6 Å². The van der Waals surface area contributed by atoms with Gasteiger partial charge in [-0.2, -0.15) is 13.2 Å². The number of nitrogens with two attached hydrogens (primary N) is 1. The number of primary amides is 1. The van der Waals surface area contributed by atoms with E-state index in [9.17, 15) is 27.6 Å². The quantitative estimate of drug-likeness (QED) is 0.756. The molecule has 0 spiro atoms. The molecule has 3 amide bonds. The van der Waals surface area contributed by atoms with Gasteiger partial charge in [0, 0.05) is 11.3 Å². The lowest BCUT2D eigenvalue weighted by Crippen LogP contribution is -2.35. The summed E-state index contributed by atoms with van der Waals surface area (Å²) in [5, 5.41) is 2.30. The van der Waals surface area contributed by atoms with Crippen LogP contribution in [0, 0.1) is 0 Å².